The van der Waals surface area contributed by atoms with Gasteiger partial charge in [0.1, 0.15) is 0 Å². The molecule has 0 saturated carbocycles. The molecule has 0 aliphatic carbocycles. The molecular weight excluding hydrogens is 276 g/mol. The molecule has 2 rings (SSSR count). The van der Waals surface area contributed by atoms with Gasteiger partial charge in [-0.3, -0.25) is 4.90 Å². The van der Waals surface area contributed by atoms with Gasteiger partial charge in [-0.05, 0) is 64.3 Å². The van der Waals surface area contributed by atoms with Crippen LogP contribution in [-0.2, 0) is 13.0 Å². The summed E-state index contributed by atoms with van der Waals surface area (Å²) in [6, 6.07) is 8.62. The second-order valence-electron chi connectivity index (χ2n) is 7.15. The van der Waals surface area contributed by atoms with Crippen LogP contribution in [0.15, 0.2) is 24.3 Å². The van der Waals surface area contributed by atoms with E-state index in [-0.39, 0.29) is 5.54 Å². The maximum absolute atomic E-state index is 11.3. The third-order valence-corrected chi connectivity index (χ3v) is 4.29. The molecule has 0 unspecified atom stereocenters. The lowest BCUT2D eigenvalue weighted by molar-refractivity contribution is 0.101. The van der Waals surface area contributed by atoms with E-state index in [1.54, 1.807) is 0 Å². The zero-order valence-corrected chi connectivity index (χ0v) is 14.0. The Morgan fingerprint density at radius 3 is 2.18 bits per heavy atom. The Kier molecular flexibility index (Phi) is 5.46. The molecule has 0 radical (unpaired) electrons. The molecular formula is C18H28N2O2. The maximum Gasteiger partial charge on any atom is 0.407 e. The monoisotopic (exact) mass is 304 g/mol. The highest BCUT2D eigenvalue weighted by atomic mass is 16.4. The molecule has 1 heterocycles. The number of nitrogens with zero attached hydrogens (tertiary/aromatic N) is 2. The zero-order chi connectivity index (χ0) is 16.2. The van der Waals surface area contributed by atoms with Gasteiger partial charge < -0.3 is 10.0 Å². The Hall–Kier alpha value is -1.55. The Labute approximate surface area is 133 Å². The third kappa shape index (κ3) is 4.73. The van der Waals surface area contributed by atoms with Gasteiger partial charge in [0.2, 0.25) is 0 Å². The van der Waals surface area contributed by atoms with Crippen molar-refractivity contribution in [2.45, 2.75) is 52.1 Å². The van der Waals surface area contributed by atoms with Gasteiger partial charge >= 0.3 is 6.09 Å². The van der Waals surface area contributed by atoms with Crippen LogP contribution in [0.25, 0.3) is 0 Å². The van der Waals surface area contributed by atoms with Crippen LogP contribution in [0.1, 0.15) is 44.7 Å². The molecule has 0 spiro atoms. The standard InChI is InChI=1S/C18H28N2O2/c1-18(2,3)20(17(21)22)13-10-15-6-8-16(9-7-15)14-19-11-4-5-12-19/h6-9H,4-5,10-14H2,1-3H3,(H,21,22). The van der Waals surface area contributed by atoms with Crippen molar-refractivity contribution in [3.05, 3.63) is 35.4 Å². The molecule has 1 aromatic rings. The van der Waals surface area contributed by atoms with E-state index in [9.17, 15) is 9.90 Å². The molecule has 1 aliphatic heterocycles. The minimum atomic E-state index is -0.849. The predicted octanol–water partition coefficient (Wildman–Crippen LogP) is 3.60. The van der Waals surface area contributed by atoms with E-state index in [1.165, 1.54) is 42.0 Å². The molecule has 4 heteroatoms. The summed E-state index contributed by atoms with van der Waals surface area (Å²) in [6.45, 7) is 9.77. The molecule has 1 fully saturated rings. The van der Waals surface area contributed by atoms with E-state index >= 15 is 0 Å². The minimum Gasteiger partial charge on any atom is -0.465 e. The van der Waals surface area contributed by atoms with Crippen LogP contribution in [0, 0.1) is 0 Å². The fraction of sp³-hybridized carbons (Fsp3) is 0.611. The highest BCUT2D eigenvalue weighted by Crippen LogP contribution is 2.16. The van der Waals surface area contributed by atoms with E-state index in [2.05, 4.69) is 29.2 Å². The third-order valence-electron chi connectivity index (χ3n) is 4.29. The fourth-order valence-electron chi connectivity index (χ4n) is 2.97. The van der Waals surface area contributed by atoms with Crippen LogP contribution in [0.2, 0.25) is 0 Å². The van der Waals surface area contributed by atoms with Crippen LogP contribution in [0.3, 0.4) is 0 Å². The highest BCUT2D eigenvalue weighted by Gasteiger charge is 2.25. The second-order valence-corrected chi connectivity index (χ2v) is 7.15. The van der Waals surface area contributed by atoms with Crippen molar-refractivity contribution in [1.82, 2.24) is 9.80 Å². The second kappa shape index (κ2) is 7.14. The lowest BCUT2D eigenvalue weighted by Crippen LogP contribution is -2.45. The molecule has 1 saturated heterocycles. The smallest absolute Gasteiger partial charge is 0.407 e. The molecule has 0 bridgehead atoms. The first kappa shape index (κ1) is 16.8. The van der Waals surface area contributed by atoms with E-state index in [1.807, 2.05) is 20.8 Å². The molecule has 0 atom stereocenters. The molecule has 122 valence electrons. The molecule has 1 amide bonds. The lowest BCUT2D eigenvalue weighted by atomic mass is 10.0. The molecule has 0 aromatic heterocycles. The maximum atomic E-state index is 11.3. The van der Waals surface area contributed by atoms with Crippen molar-refractivity contribution in [3.63, 3.8) is 0 Å². The van der Waals surface area contributed by atoms with Crippen LogP contribution in [0.5, 0.6) is 0 Å². The number of benzene rings is 1. The van der Waals surface area contributed by atoms with E-state index in [0.29, 0.717) is 6.54 Å². The number of rotatable bonds is 5. The predicted molar refractivity (Wildman–Crippen MR) is 89.1 cm³/mol. The number of amides is 1. The van der Waals surface area contributed by atoms with Gasteiger partial charge in [0.05, 0.1) is 0 Å². The average molecular weight is 304 g/mol. The summed E-state index contributed by atoms with van der Waals surface area (Å²) in [5, 5.41) is 9.31. The normalized spacial score (nSPS) is 16.0. The Bertz CT molecular complexity index is 485. The number of hydrogen-bond donors (Lipinski definition) is 1. The van der Waals surface area contributed by atoms with E-state index in [4.69, 9.17) is 0 Å². The Morgan fingerprint density at radius 2 is 1.68 bits per heavy atom. The molecule has 4 nitrogen and oxygen atoms in total. The number of likely N-dealkylation sites (tertiary alicyclic amines) is 1. The number of hydrogen-bond acceptors (Lipinski definition) is 2. The SMILES string of the molecule is CC(C)(C)N(CCc1ccc(CN2CCCC2)cc1)C(=O)O. The van der Waals surface area contributed by atoms with Crippen LogP contribution in [-0.4, -0.2) is 46.2 Å². The van der Waals surface area contributed by atoms with Crippen molar-refractivity contribution in [1.29, 1.82) is 0 Å². The van der Waals surface area contributed by atoms with Crippen molar-refractivity contribution in [2.24, 2.45) is 0 Å². The quantitative estimate of drug-likeness (QED) is 0.904. The molecule has 1 aromatic carbocycles. The summed E-state index contributed by atoms with van der Waals surface area (Å²) >= 11 is 0. The Morgan fingerprint density at radius 1 is 1.14 bits per heavy atom. The number of carbonyl (C=O) groups is 1. The largest absolute Gasteiger partial charge is 0.465 e. The average Bonchev–Trinajstić information content (AvgIpc) is 2.92. The van der Waals surface area contributed by atoms with Gasteiger partial charge in [0.15, 0.2) is 0 Å². The van der Waals surface area contributed by atoms with E-state index < -0.39 is 6.09 Å². The van der Waals surface area contributed by atoms with Crippen molar-refractivity contribution in [3.8, 4) is 0 Å². The summed E-state index contributed by atoms with van der Waals surface area (Å²) in [6.07, 6.45) is 2.54. The topological polar surface area (TPSA) is 43.8 Å². The van der Waals surface area contributed by atoms with Gasteiger partial charge in [0.25, 0.3) is 0 Å². The first-order valence-electron chi connectivity index (χ1n) is 8.17. The molecule has 22 heavy (non-hydrogen) atoms. The van der Waals surface area contributed by atoms with Crippen LogP contribution >= 0.6 is 0 Å². The summed E-state index contributed by atoms with van der Waals surface area (Å²) in [7, 11) is 0. The summed E-state index contributed by atoms with van der Waals surface area (Å²) in [5.41, 5.74) is 2.18. The van der Waals surface area contributed by atoms with Gasteiger partial charge in [-0.25, -0.2) is 4.79 Å². The van der Waals surface area contributed by atoms with Crippen molar-refractivity contribution in [2.75, 3.05) is 19.6 Å². The first-order valence-corrected chi connectivity index (χ1v) is 8.17. The molecule has 1 aliphatic rings. The van der Waals surface area contributed by atoms with Gasteiger partial charge in [-0.15, -0.1) is 0 Å². The van der Waals surface area contributed by atoms with Gasteiger partial charge in [-0.2, -0.15) is 0 Å². The first-order chi connectivity index (χ1) is 10.4. The summed E-state index contributed by atoms with van der Waals surface area (Å²) < 4.78 is 0. The lowest BCUT2D eigenvalue weighted by Gasteiger charge is -2.33. The van der Waals surface area contributed by atoms with Crippen LogP contribution in [0.4, 0.5) is 4.79 Å². The Balaban J connectivity index is 1.89. The van der Waals surface area contributed by atoms with Gasteiger partial charge in [0, 0.05) is 18.6 Å². The van der Waals surface area contributed by atoms with Gasteiger partial charge in [-0.1, -0.05) is 24.3 Å². The van der Waals surface area contributed by atoms with Crippen LogP contribution < -0.4 is 0 Å². The van der Waals surface area contributed by atoms with Crippen molar-refractivity contribution < 1.29 is 9.90 Å². The van der Waals surface area contributed by atoms with Crippen molar-refractivity contribution >= 4 is 6.09 Å². The minimum absolute atomic E-state index is 0.360. The van der Waals surface area contributed by atoms with E-state index in [0.717, 1.165) is 13.0 Å². The highest BCUT2D eigenvalue weighted by molar-refractivity contribution is 5.66. The zero-order valence-electron chi connectivity index (χ0n) is 14.0. The summed E-state index contributed by atoms with van der Waals surface area (Å²) in [5.74, 6) is 0. The fourth-order valence-corrected chi connectivity index (χ4v) is 2.97. The number of carboxylic acid groups (broad SMARTS) is 1. The molecule has 1 N–H and O–H groups in total. The summed E-state index contributed by atoms with van der Waals surface area (Å²) in [4.78, 5) is 15.3.